The number of amides is 1. The Hall–Kier alpha value is -0.590. The van der Waals surface area contributed by atoms with Crippen molar-refractivity contribution in [3.05, 3.63) is 26.6 Å². The first-order valence-electron chi connectivity index (χ1n) is 6.59. The summed E-state index contributed by atoms with van der Waals surface area (Å²) in [4.78, 5) is 13.2. The average Bonchev–Trinajstić information content (AvgIpc) is 2.71. The topological polar surface area (TPSA) is 41.6 Å². The maximum absolute atomic E-state index is 11.5. The second-order valence-corrected chi connectivity index (χ2v) is 6.59. The number of likely N-dealkylation sites (N-methyl/N-ethyl adjacent to an activating group) is 1. The molecule has 6 heteroatoms. The Balaban J connectivity index is 1.98. The zero-order valence-electron chi connectivity index (χ0n) is 11.6. The summed E-state index contributed by atoms with van der Waals surface area (Å²) >= 11 is 7.05. The molecule has 2 rings (SSSR count). The fraction of sp³-hybridized carbons (Fsp3) is 0.500. The molecule has 1 aliphatic rings. The van der Waals surface area contributed by atoms with Gasteiger partial charge in [-0.2, -0.15) is 0 Å². The number of halogens is 2. The lowest BCUT2D eigenvalue weighted by atomic mass is 10.2. The van der Waals surface area contributed by atoms with E-state index in [1.807, 2.05) is 26.1 Å². The SMILES string of the molecule is CCOc1c(Br)cc(CN[C@@H]2CC(=O)N(C)C2)cc1Br. The first-order chi connectivity index (χ1) is 9.51. The molecule has 1 aliphatic heterocycles. The van der Waals surface area contributed by atoms with Gasteiger partial charge < -0.3 is 15.0 Å². The predicted molar refractivity (Wildman–Crippen MR) is 85.9 cm³/mol. The van der Waals surface area contributed by atoms with Crippen LogP contribution in [-0.2, 0) is 11.3 Å². The number of rotatable bonds is 5. The van der Waals surface area contributed by atoms with Crippen molar-refractivity contribution < 1.29 is 9.53 Å². The fourth-order valence-corrected chi connectivity index (χ4v) is 3.77. The van der Waals surface area contributed by atoms with Crippen LogP contribution >= 0.6 is 31.9 Å². The molecule has 0 bridgehead atoms. The summed E-state index contributed by atoms with van der Waals surface area (Å²) in [5, 5.41) is 3.42. The number of hydrogen-bond acceptors (Lipinski definition) is 3. The molecule has 1 saturated heterocycles. The van der Waals surface area contributed by atoms with Crippen LogP contribution in [0.1, 0.15) is 18.9 Å². The first-order valence-corrected chi connectivity index (χ1v) is 8.18. The summed E-state index contributed by atoms with van der Waals surface area (Å²) in [6.45, 7) is 4.10. The maximum atomic E-state index is 11.5. The number of carbonyl (C=O) groups excluding carboxylic acids is 1. The van der Waals surface area contributed by atoms with Crippen molar-refractivity contribution in [1.82, 2.24) is 10.2 Å². The number of ether oxygens (including phenoxy) is 1. The minimum absolute atomic E-state index is 0.205. The highest BCUT2D eigenvalue weighted by molar-refractivity contribution is 9.11. The molecule has 0 aromatic heterocycles. The van der Waals surface area contributed by atoms with Crippen molar-refractivity contribution in [1.29, 1.82) is 0 Å². The van der Waals surface area contributed by atoms with Gasteiger partial charge in [-0.1, -0.05) is 0 Å². The van der Waals surface area contributed by atoms with E-state index in [2.05, 4.69) is 37.2 Å². The van der Waals surface area contributed by atoms with Gasteiger partial charge >= 0.3 is 0 Å². The normalized spacial score (nSPS) is 18.7. The molecule has 1 atom stereocenters. The summed E-state index contributed by atoms with van der Waals surface area (Å²) in [6.07, 6.45) is 0.579. The molecule has 0 spiro atoms. The molecule has 1 fully saturated rings. The lowest BCUT2D eigenvalue weighted by Gasteiger charge is -2.14. The van der Waals surface area contributed by atoms with Crippen LogP contribution in [-0.4, -0.2) is 37.0 Å². The smallest absolute Gasteiger partial charge is 0.224 e. The zero-order valence-corrected chi connectivity index (χ0v) is 14.8. The Bertz CT molecular complexity index is 485. The third kappa shape index (κ3) is 3.74. The number of benzene rings is 1. The average molecular weight is 406 g/mol. The Morgan fingerprint density at radius 1 is 1.40 bits per heavy atom. The largest absolute Gasteiger partial charge is 0.492 e. The van der Waals surface area contributed by atoms with Crippen LogP contribution in [0.3, 0.4) is 0 Å². The van der Waals surface area contributed by atoms with Gasteiger partial charge in [-0.15, -0.1) is 0 Å². The van der Waals surface area contributed by atoms with E-state index in [0.29, 0.717) is 13.0 Å². The van der Waals surface area contributed by atoms with Gasteiger partial charge in [0.05, 0.1) is 15.6 Å². The summed E-state index contributed by atoms with van der Waals surface area (Å²) in [5.74, 6) is 1.03. The van der Waals surface area contributed by atoms with Crippen molar-refractivity contribution in [2.24, 2.45) is 0 Å². The summed E-state index contributed by atoms with van der Waals surface area (Å²) in [6, 6.07) is 4.32. The molecule has 1 N–H and O–H groups in total. The van der Waals surface area contributed by atoms with E-state index in [4.69, 9.17) is 4.74 Å². The highest BCUT2D eigenvalue weighted by Crippen LogP contribution is 2.34. The van der Waals surface area contributed by atoms with E-state index in [9.17, 15) is 4.79 Å². The quantitative estimate of drug-likeness (QED) is 0.818. The van der Waals surface area contributed by atoms with Crippen LogP contribution in [0.5, 0.6) is 5.75 Å². The maximum Gasteiger partial charge on any atom is 0.224 e. The first kappa shape index (κ1) is 15.8. The molecule has 0 aliphatic carbocycles. The highest BCUT2D eigenvalue weighted by Gasteiger charge is 2.26. The number of nitrogens with zero attached hydrogens (tertiary/aromatic N) is 1. The van der Waals surface area contributed by atoms with E-state index in [-0.39, 0.29) is 11.9 Å². The van der Waals surface area contributed by atoms with Gasteiger partial charge in [-0.25, -0.2) is 0 Å². The monoisotopic (exact) mass is 404 g/mol. The molecule has 20 heavy (non-hydrogen) atoms. The second-order valence-electron chi connectivity index (χ2n) is 4.88. The molecule has 1 aromatic carbocycles. The zero-order chi connectivity index (χ0) is 14.7. The minimum atomic E-state index is 0.205. The third-order valence-electron chi connectivity index (χ3n) is 3.28. The second kappa shape index (κ2) is 6.91. The number of nitrogens with one attached hydrogen (secondary N) is 1. The van der Waals surface area contributed by atoms with Crippen molar-refractivity contribution in [2.75, 3.05) is 20.2 Å². The van der Waals surface area contributed by atoms with E-state index in [0.717, 1.165) is 33.3 Å². The number of hydrogen-bond donors (Lipinski definition) is 1. The third-order valence-corrected chi connectivity index (χ3v) is 4.46. The molecule has 110 valence electrons. The molecule has 0 saturated carbocycles. The van der Waals surface area contributed by atoms with Crippen molar-refractivity contribution in [3.8, 4) is 5.75 Å². The molecule has 1 aromatic rings. The van der Waals surface area contributed by atoms with Gasteiger partial charge in [0, 0.05) is 32.6 Å². The van der Waals surface area contributed by atoms with Crippen LogP contribution in [0.15, 0.2) is 21.1 Å². The number of carbonyl (C=O) groups is 1. The summed E-state index contributed by atoms with van der Waals surface area (Å²) in [7, 11) is 1.84. The van der Waals surface area contributed by atoms with Crippen molar-refractivity contribution in [2.45, 2.75) is 25.9 Å². The Labute approximate surface area is 136 Å². The lowest BCUT2D eigenvalue weighted by molar-refractivity contribution is -0.126. The van der Waals surface area contributed by atoms with Crippen LogP contribution < -0.4 is 10.1 Å². The van der Waals surface area contributed by atoms with Gasteiger partial charge in [0.15, 0.2) is 0 Å². The standard InChI is InChI=1S/C14H18Br2N2O2/c1-3-20-14-11(15)4-9(5-12(14)16)7-17-10-6-13(19)18(2)8-10/h4-5,10,17H,3,6-8H2,1-2H3/t10-/m1/s1. The molecule has 1 heterocycles. The van der Waals surface area contributed by atoms with Crippen LogP contribution in [0.4, 0.5) is 0 Å². The van der Waals surface area contributed by atoms with E-state index < -0.39 is 0 Å². The highest BCUT2D eigenvalue weighted by atomic mass is 79.9. The molecule has 0 unspecified atom stereocenters. The van der Waals surface area contributed by atoms with Crippen LogP contribution in [0, 0.1) is 0 Å². The van der Waals surface area contributed by atoms with E-state index in [1.54, 1.807) is 4.90 Å². The molecule has 4 nitrogen and oxygen atoms in total. The van der Waals surface area contributed by atoms with Gasteiger partial charge in [0.2, 0.25) is 5.91 Å². The molecule has 1 amide bonds. The summed E-state index contributed by atoms with van der Waals surface area (Å²) in [5.41, 5.74) is 1.15. The Morgan fingerprint density at radius 2 is 2.05 bits per heavy atom. The summed E-state index contributed by atoms with van der Waals surface area (Å²) < 4.78 is 7.43. The lowest BCUT2D eigenvalue weighted by Crippen LogP contribution is -2.31. The van der Waals surface area contributed by atoms with Gasteiger partial charge in [-0.3, -0.25) is 4.79 Å². The predicted octanol–water partition coefficient (Wildman–Crippen LogP) is 2.93. The van der Waals surface area contributed by atoms with E-state index >= 15 is 0 Å². The number of likely N-dealkylation sites (tertiary alicyclic amines) is 1. The van der Waals surface area contributed by atoms with Crippen molar-refractivity contribution in [3.63, 3.8) is 0 Å². The molecule has 0 radical (unpaired) electrons. The van der Waals surface area contributed by atoms with Gasteiger partial charge in [0.25, 0.3) is 0 Å². The van der Waals surface area contributed by atoms with Gasteiger partial charge in [0.1, 0.15) is 5.75 Å². The fourth-order valence-electron chi connectivity index (χ4n) is 2.26. The van der Waals surface area contributed by atoms with Gasteiger partial charge in [-0.05, 0) is 56.5 Å². The molecular weight excluding hydrogens is 388 g/mol. The van der Waals surface area contributed by atoms with Crippen LogP contribution in [0.2, 0.25) is 0 Å². The Morgan fingerprint density at radius 3 is 2.55 bits per heavy atom. The van der Waals surface area contributed by atoms with Crippen molar-refractivity contribution >= 4 is 37.8 Å². The minimum Gasteiger partial charge on any atom is -0.492 e. The molecular formula is C14H18Br2N2O2. The Kier molecular flexibility index (Phi) is 5.46. The van der Waals surface area contributed by atoms with E-state index in [1.165, 1.54) is 0 Å². The van der Waals surface area contributed by atoms with Crippen LogP contribution in [0.25, 0.3) is 0 Å².